The lowest BCUT2D eigenvalue weighted by Gasteiger charge is -2.09. The average molecular weight is 747 g/mol. The Morgan fingerprint density at radius 3 is 1.79 bits per heavy atom. The Bertz CT molecular complexity index is 3460. The number of para-hydroxylation sites is 2. The third-order valence-corrected chi connectivity index (χ3v) is 12.2. The molecule has 0 N–H and O–H groups in total. The second-order valence-corrected chi connectivity index (χ2v) is 15.5. The van der Waals surface area contributed by atoms with Gasteiger partial charge in [0.15, 0.2) is 17.5 Å². The van der Waals surface area contributed by atoms with Gasteiger partial charge in [0.25, 0.3) is 0 Å². The maximum Gasteiger partial charge on any atom is 0.164 e. The first-order valence-corrected chi connectivity index (χ1v) is 19.8. The fraction of sp³-hybridized carbons (Fsp3) is 0. The molecule has 8 aromatic carbocycles. The first-order chi connectivity index (χ1) is 28.2. The van der Waals surface area contributed by atoms with Gasteiger partial charge in [-0.2, -0.15) is 0 Å². The highest BCUT2D eigenvalue weighted by Gasteiger charge is 2.22. The summed E-state index contributed by atoms with van der Waals surface area (Å²) in [5.74, 6) is 1.85. The number of benzene rings is 8. The average Bonchev–Trinajstić information content (AvgIpc) is 3.95. The van der Waals surface area contributed by atoms with E-state index in [0.717, 1.165) is 61.0 Å². The number of hydrogen-bond acceptors (Lipinski definition) is 5. The zero-order chi connectivity index (χ0) is 37.5. The fourth-order valence-electron chi connectivity index (χ4n) is 8.45. The van der Waals surface area contributed by atoms with Gasteiger partial charge in [-0.3, -0.25) is 0 Å². The van der Waals surface area contributed by atoms with Gasteiger partial charge in [0.2, 0.25) is 0 Å². The molecule has 4 heterocycles. The van der Waals surface area contributed by atoms with E-state index in [-0.39, 0.29) is 0 Å². The predicted octanol–water partition coefficient (Wildman–Crippen LogP) is 13.9. The SMILES string of the molecule is c1ccc(-c2nc(-c3ccccc3)nc(-c3ccc4c(c3)oc3c(-c5cccc6c5c5cc7c(cc5n6-c5ccccc5)sc5ccccc57)cccc34)n2)cc1. The van der Waals surface area contributed by atoms with Crippen LogP contribution >= 0.6 is 11.3 Å². The van der Waals surface area contributed by atoms with Crippen molar-refractivity contribution in [2.24, 2.45) is 0 Å². The van der Waals surface area contributed by atoms with E-state index in [2.05, 4.69) is 126 Å². The molecule has 0 radical (unpaired) electrons. The summed E-state index contributed by atoms with van der Waals surface area (Å²) in [6.07, 6.45) is 0. The van der Waals surface area contributed by atoms with Gasteiger partial charge >= 0.3 is 0 Å². The van der Waals surface area contributed by atoms with Crippen LogP contribution in [0.3, 0.4) is 0 Å². The zero-order valence-corrected chi connectivity index (χ0v) is 31.2. The molecule has 6 heteroatoms. The normalized spacial score (nSPS) is 11.9. The van der Waals surface area contributed by atoms with Crippen molar-refractivity contribution in [2.75, 3.05) is 0 Å². The molecule has 0 amide bonds. The summed E-state index contributed by atoms with van der Waals surface area (Å²) in [4.78, 5) is 14.9. The van der Waals surface area contributed by atoms with Gasteiger partial charge in [0.1, 0.15) is 11.2 Å². The molecule has 57 heavy (non-hydrogen) atoms. The van der Waals surface area contributed by atoms with Gasteiger partial charge < -0.3 is 8.98 Å². The van der Waals surface area contributed by atoms with Crippen LogP contribution in [0.1, 0.15) is 0 Å². The minimum absolute atomic E-state index is 0.594. The van der Waals surface area contributed by atoms with Crippen molar-refractivity contribution in [3.05, 3.63) is 182 Å². The Hall–Kier alpha value is -7.41. The number of hydrogen-bond donors (Lipinski definition) is 0. The van der Waals surface area contributed by atoms with E-state index >= 15 is 0 Å². The monoisotopic (exact) mass is 746 g/mol. The number of thiophene rings is 1. The van der Waals surface area contributed by atoms with Crippen LogP contribution in [-0.2, 0) is 0 Å². The Kier molecular flexibility index (Phi) is 7.03. The highest BCUT2D eigenvalue weighted by molar-refractivity contribution is 7.25. The third kappa shape index (κ3) is 5.04. The lowest BCUT2D eigenvalue weighted by molar-refractivity contribution is 0.670. The summed E-state index contributed by atoms with van der Waals surface area (Å²) in [7, 11) is 0. The Morgan fingerprint density at radius 1 is 0.404 bits per heavy atom. The van der Waals surface area contributed by atoms with Crippen LogP contribution in [0.5, 0.6) is 0 Å². The lowest BCUT2D eigenvalue weighted by atomic mass is 9.97. The van der Waals surface area contributed by atoms with E-state index < -0.39 is 0 Å². The van der Waals surface area contributed by atoms with Gasteiger partial charge in [0.05, 0.1) is 11.0 Å². The standard InChI is InChI=1S/C51H30N4OS/c1-4-14-31(15-5-1)49-52-50(32-16-6-2-7-17-32)54-51(53-49)33-26-27-35-38-22-12-23-39(48(38)56-44(35)28-33)37-21-13-24-42-47(37)41-29-40-36-20-10-11-25-45(36)57-46(40)30-43(41)55(42)34-18-8-3-9-19-34/h1-30H. The second-order valence-electron chi connectivity index (χ2n) is 14.4. The molecule has 0 aliphatic rings. The van der Waals surface area contributed by atoms with Crippen molar-refractivity contribution < 1.29 is 4.42 Å². The maximum absolute atomic E-state index is 6.92. The van der Waals surface area contributed by atoms with E-state index in [4.69, 9.17) is 19.4 Å². The summed E-state index contributed by atoms with van der Waals surface area (Å²) in [6.45, 7) is 0. The zero-order valence-electron chi connectivity index (χ0n) is 30.4. The Morgan fingerprint density at radius 2 is 1.04 bits per heavy atom. The van der Waals surface area contributed by atoms with Crippen molar-refractivity contribution >= 4 is 75.3 Å². The molecule has 0 aliphatic carbocycles. The van der Waals surface area contributed by atoms with E-state index in [1.807, 2.05) is 72.0 Å². The van der Waals surface area contributed by atoms with Gasteiger partial charge in [0, 0.05) is 69.7 Å². The minimum atomic E-state index is 0.594. The maximum atomic E-state index is 6.92. The number of rotatable bonds is 5. The van der Waals surface area contributed by atoms with Gasteiger partial charge in [-0.05, 0) is 54.1 Å². The molecule has 0 saturated heterocycles. The molecule has 4 aromatic heterocycles. The fourth-order valence-corrected chi connectivity index (χ4v) is 9.57. The number of nitrogens with zero attached hydrogens (tertiary/aromatic N) is 4. The summed E-state index contributed by atoms with van der Waals surface area (Å²) in [5.41, 5.74) is 10.0. The number of aromatic nitrogens is 4. The molecule has 0 unspecified atom stereocenters. The molecule has 0 saturated carbocycles. The van der Waals surface area contributed by atoms with Crippen LogP contribution in [0.2, 0.25) is 0 Å². The number of fused-ring (bicyclic) bond motifs is 9. The van der Waals surface area contributed by atoms with Crippen molar-refractivity contribution in [2.45, 2.75) is 0 Å². The predicted molar refractivity (Wildman–Crippen MR) is 236 cm³/mol. The summed E-state index contributed by atoms with van der Waals surface area (Å²) in [5, 5.41) is 7.10. The van der Waals surface area contributed by atoms with Crippen LogP contribution in [0.25, 0.3) is 115 Å². The van der Waals surface area contributed by atoms with Crippen molar-refractivity contribution in [1.29, 1.82) is 0 Å². The summed E-state index contributed by atoms with van der Waals surface area (Å²) >= 11 is 1.85. The Balaban J connectivity index is 1.08. The van der Waals surface area contributed by atoms with Gasteiger partial charge in [-0.1, -0.05) is 133 Å². The topological polar surface area (TPSA) is 56.7 Å². The first-order valence-electron chi connectivity index (χ1n) is 19.0. The largest absolute Gasteiger partial charge is 0.455 e. The van der Waals surface area contributed by atoms with Crippen LogP contribution in [0.15, 0.2) is 186 Å². The van der Waals surface area contributed by atoms with Crippen LogP contribution in [0, 0.1) is 0 Å². The molecule has 266 valence electrons. The molecule has 0 aliphatic heterocycles. The lowest BCUT2D eigenvalue weighted by Crippen LogP contribution is -2.00. The van der Waals surface area contributed by atoms with Crippen LogP contribution in [0.4, 0.5) is 0 Å². The first kappa shape index (κ1) is 31.9. The molecule has 12 rings (SSSR count). The molecule has 0 fully saturated rings. The van der Waals surface area contributed by atoms with E-state index in [9.17, 15) is 0 Å². The molecule has 0 atom stereocenters. The molecule has 5 nitrogen and oxygen atoms in total. The molecule has 12 aromatic rings. The van der Waals surface area contributed by atoms with Crippen molar-refractivity contribution in [3.8, 4) is 51.0 Å². The second kappa shape index (κ2) is 12.6. The highest BCUT2D eigenvalue weighted by Crippen LogP contribution is 2.45. The van der Waals surface area contributed by atoms with Crippen LogP contribution < -0.4 is 0 Å². The molecule has 0 bridgehead atoms. The molecule has 0 spiro atoms. The molecular weight excluding hydrogens is 717 g/mol. The summed E-state index contributed by atoms with van der Waals surface area (Å²) in [6, 6.07) is 63.7. The highest BCUT2D eigenvalue weighted by atomic mass is 32.1. The third-order valence-electron chi connectivity index (χ3n) is 11.0. The smallest absolute Gasteiger partial charge is 0.164 e. The van der Waals surface area contributed by atoms with E-state index in [1.54, 1.807) is 0 Å². The van der Waals surface area contributed by atoms with Gasteiger partial charge in [-0.15, -0.1) is 11.3 Å². The summed E-state index contributed by atoms with van der Waals surface area (Å²) < 4.78 is 11.9. The Labute approximate surface area is 330 Å². The quantitative estimate of drug-likeness (QED) is 0.176. The van der Waals surface area contributed by atoms with E-state index in [1.165, 1.54) is 36.5 Å². The van der Waals surface area contributed by atoms with Crippen molar-refractivity contribution in [1.82, 2.24) is 19.5 Å². The van der Waals surface area contributed by atoms with E-state index in [0.29, 0.717) is 17.5 Å². The van der Waals surface area contributed by atoms with Crippen LogP contribution in [-0.4, -0.2) is 19.5 Å². The van der Waals surface area contributed by atoms with Crippen molar-refractivity contribution in [3.63, 3.8) is 0 Å². The number of furan rings is 1. The molecular formula is C51H30N4OS. The minimum Gasteiger partial charge on any atom is -0.455 e. The van der Waals surface area contributed by atoms with Gasteiger partial charge in [-0.25, -0.2) is 15.0 Å².